The molecule has 1 aromatic heterocycles. The first-order chi connectivity index (χ1) is 13.0. The minimum atomic E-state index is -0.348. The highest BCUT2D eigenvalue weighted by molar-refractivity contribution is 9.10. The van der Waals surface area contributed by atoms with Crippen LogP contribution in [0.25, 0.3) is 0 Å². The summed E-state index contributed by atoms with van der Waals surface area (Å²) in [5.41, 5.74) is 4.20. The minimum absolute atomic E-state index is 0.00225. The van der Waals surface area contributed by atoms with Gasteiger partial charge in [-0.25, -0.2) is 9.78 Å². The highest BCUT2D eigenvalue weighted by atomic mass is 79.9. The van der Waals surface area contributed by atoms with Crippen molar-refractivity contribution in [2.75, 3.05) is 0 Å². The van der Waals surface area contributed by atoms with E-state index in [9.17, 15) is 10.0 Å². The number of halogens is 1. The van der Waals surface area contributed by atoms with Gasteiger partial charge < -0.3 is 9.77 Å². The lowest BCUT2D eigenvalue weighted by molar-refractivity contribution is 0.317. The molecular weight excluding hydrogens is 406 g/mol. The molecule has 138 valence electrons. The van der Waals surface area contributed by atoms with Crippen molar-refractivity contribution in [3.05, 3.63) is 98.1 Å². The monoisotopic (exact) mass is 425 g/mol. The van der Waals surface area contributed by atoms with E-state index in [0.717, 1.165) is 10.0 Å². The Balaban J connectivity index is 2.04. The average Bonchev–Trinajstić information content (AvgIpc) is 2.67. The van der Waals surface area contributed by atoms with Crippen LogP contribution in [0.2, 0.25) is 0 Å². The van der Waals surface area contributed by atoms with Crippen molar-refractivity contribution >= 4 is 21.6 Å². The van der Waals surface area contributed by atoms with Crippen molar-refractivity contribution in [3.63, 3.8) is 0 Å². The first-order valence-corrected chi connectivity index (χ1v) is 9.34. The molecule has 5 nitrogen and oxygen atoms in total. The first-order valence-electron chi connectivity index (χ1n) is 8.54. The molecule has 3 aromatic rings. The van der Waals surface area contributed by atoms with Gasteiger partial charge in [-0.1, -0.05) is 57.5 Å². The highest BCUT2D eigenvalue weighted by Crippen LogP contribution is 2.32. The Morgan fingerprint density at radius 3 is 2.56 bits per heavy atom. The van der Waals surface area contributed by atoms with Gasteiger partial charge in [-0.05, 0) is 35.7 Å². The summed E-state index contributed by atoms with van der Waals surface area (Å²) in [6, 6.07) is 16.3. The molecule has 0 radical (unpaired) electrons. The molecule has 27 heavy (non-hydrogen) atoms. The van der Waals surface area contributed by atoms with Gasteiger partial charge in [0.15, 0.2) is 0 Å². The Bertz CT molecular complexity index is 1030. The summed E-state index contributed by atoms with van der Waals surface area (Å²) in [7, 11) is 1.63. The van der Waals surface area contributed by atoms with Gasteiger partial charge in [0.05, 0.1) is 5.71 Å². The number of hydrogen-bond acceptors (Lipinski definition) is 4. The summed E-state index contributed by atoms with van der Waals surface area (Å²) in [5, 5.41) is 13.2. The number of hydrogen-bond donors (Lipinski definition) is 1. The van der Waals surface area contributed by atoms with Crippen LogP contribution in [0.1, 0.15) is 34.6 Å². The smallest absolute Gasteiger partial charge is 0.347 e. The fourth-order valence-corrected chi connectivity index (χ4v) is 3.42. The van der Waals surface area contributed by atoms with Crippen molar-refractivity contribution in [1.29, 1.82) is 0 Å². The molecule has 0 fully saturated rings. The third kappa shape index (κ3) is 4.34. The van der Waals surface area contributed by atoms with Crippen molar-refractivity contribution in [1.82, 2.24) is 9.55 Å². The van der Waals surface area contributed by atoms with Gasteiger partial charge in [0.1, 0.15) is 0 Å². The molecule has 1 N–H and O–H groups in total. The van der Waals surface area contributed by atoms with E-state index in [0.29, 0.717) is 17.7 Å². The van der Waals surface area contributed by atoms with E-state index in [2.05, 4.69) is 57.3 Å². The number of rotatable bonds is 5. The van der Waals surface area contributed by atoms with E-state index in [1.165, 1.54) is 21.9 Å². The zero-order valence-corrected chi connectivity index (χ0v) is 16.7. The molecule has 6 heteroatoms. The normalized spacial score (nSPS) is 12.8. The quantitative estimate of drug-likeness (QED) is 0.377. The van der Waals surface area contributed by atoms with Crippen LogP contribution in [0.15, 0.2) is 75.3 Å². The summed E-state index contributed by atoms with van der Waals surface area (Å²) >= 11 is 3.48. The molecular formula is C21H20BrN3O2. The van der Waals surface area contributed by atoms with Crippen LogP contribution < -0.4 is 5.69 Å². The van der Waals surface area contributed by atoms with E-state index < -0.39 is 0 Å². The summed E-state index contributed by atoms with van der Waals surface area (Å²) in [6.45, 7) is 2.07. The van der Waals surface area contributed by atoms with Gasteiger partial charge in [-0.15, -0.1) is 0 Å². The van der Waals surface area contributed by atoms with E-state index in [-0.39, 0.29) is 11.6 Å². The molecule has 0 aliphatic rings. The molecule has 0 saturated heterocycles. The second-order valence-corrected chi connectivity index (χ2v) is 7.36. The first kappa shape index (κ1) is 19.0. The van der Waals surface area contributed by atoms with Gasteiger partial charge in [-0.2, -0.15) is 0 Å². The molecule has 0 saturated carbocycles. The number of aromatic nitrogens is 2. The lowest BCUT2D eigenvalue weighted by atomic mass is 9.84. The van der Waals surface area contributed by atoms with E-state index in [1.54, 1.807) is 13.2 Å². The maximum absolute atomic E-state index is 11.6. The Morgan fingerprint density at radius 2 is 1.93 bits per heavy atom. The topological polar surface area (TPSA) is 67.5 Å². The Kier molecular flexibility index (Phi) is 5.86. The molecule has 1 atom stereocenters. The zero-order valence-electron chi connectivity index (χ0n) is 15.1. The van der Waals surface area contributed by atoms with Gasteiger partial charge in [0.2, 0.25) is 0 Å². The Hall–Kier alpha value is -2.73. The SMILES string of the molecule is Cc1ccccc1[C@@H](C/C(=N\O)c1cnc(=O)n(C)c1)c1ccc(Br)cc1. The van der Waals surface area contributed by atoms with E-state index in [1.807, 2.05) is 24.3 Å². The Labute approximate surface area is 166 Å². The van der Waals surface area contributed by atoms with Gasteiger partial charge in [0.25, 0.3) is 0 Å². The molecule has 0 aliphatic carbocycles. The Morgan fingerprint density at radius 1 is 1.22 bits per heavy atom. The maximum Gasteiger partial charge on any atom is 0.347 e. The van der Waals surface area contributed by atoms with Crippen LogP contribution >= 0.6 is 15.9 Å². The minimum Gasteiger partial charge on any atom is -0.411 e. The standard InChI is InChI=1S/C21H20BrN3O2/c1-14-5-3-4-6-18(14)19(15-7-9-17(22)10-8-15)11-20(24-27)16-12-23-21(26)25(2)13-16/h3-10,12-13,19,27H,11H2,1-2H3/b24-20+/t19-/m0/s1. The second-order valence-electron chi connectivity index (χ2n) is 6.45. The largest absolute Gasteiger partial charge is 0.411 e. The van der Waals surface area contributed by atoms with Crippen molar-refractivity contribution in [3.8, 4) is 0 Å². The number of nitrogens with zero attached hydrogens (tertiary/aromatic N) is 3. The molecule has 0 bridgehead atoms. The summed E-state index contributed by atoms with van der Waals surface area (Å²) in [5.74, 6) is 0.00225. The fourth-order valence-electron chi connectivity index (χ4n) is 3.15. The number of aryl methyl sites for hydroxylation is 2. The van der Waals surface area contributed by atoms with Crippen LogP contribution in [-0.4, -0.2) is 20.5 Å². The molecule has 2 aromatic carbocycles. The molecule has 0 amide bonds. The lowest BCUT2D eigenvalue weighted by Gasteiger charge is -2.21. The van der Waals surface area contributed by atoms with Crippen LogP contribution in [0.3, 0.4) is 0 Å². The van der Waals surface area contributed by atoms with Crippen LogP contribution in [0, 0.1) is 6.92 Å². The van der Waals surface area contributed by atoms with Gasteiger partial charge >= 0.3 is 5.69 Å². The van der Waals surface area contributed by atoms with Crippen molar-refractivity contribution in [2.24, 2.45) is 12.2 Å². The third-order valence-corrected chi connectivity index (χ3v) is 5.16. The predicted octanol–water partition coefficient (Wildman–Crippen LogP) is 4.25. The van der Waals surface area contributed by atoms with E-state index in [4.69, 9.17) is 0 Å². The summed E-state index contributed by atoms with van der Waals surface area (Å²) < 4.78 is 2.39. The molecule has 0 unspecified atom stereocenters. The predicted molar refractivity (Wildman–Crippen MR) is 110 cm³/mol. The van der Waals surface area contributed by atoms with Crippen LogP contribution in [0.5, 0.6) is 0 Å². The zero-order chi connectivity index (χ0) is 19.4. The average molecular weight is 426 g/mol. The second kappa shape index (κ2) is 8.31. The van der Waals surface area contributed by atoms with Crippen LogP contribution in [0.4, 0.5) is 0 Å². The molecule has 0 spiro atoms. The molecule has 1 heterocycles. The third-order valence-electron chi connectivity index (χ3n) is 4.64. The van der Waals surface area contributed by atoms with Crippen molar-refractivity contribution in [2.45, 2.75) is 19.3 Å². The fraction of sp³-hybridized carbons (Fsp3) is 0.190. The van der Waals surface area contributed by atoms with Gasteiger partial charge in [-0.3, -0.25) is 0 Å². The lowest BCUT2D eigenvalue weighted by Crippen LogP contribution is -2.21. The highest BCUT2D eigenvalue weighted by Gasteiger charge is 2.20. The maximum atomic E-state index is 11.6. The number of benzene rings is 2. The number of oxime groups is 1. The van der Waals surface area contributed by atoms with Crippen LogP contribution in [-0.2, 0) is 7.05 Å². The van der Waals surface area contributed by atoms with E-state index >= 15 is 0 Å². The summed E-state index contributed by atoms with van der Waals surface area (Å²) in [6.07, 6.45) is 3.57. The molecule has 3 rings (SSSR count). The van der Waals surface area contributed by atoms with Gasteiger partial charge in [0, 0.05) is 41.8 Å². The van der Waals surface area contributed by atoms with Crippen molar-refractivity contribution < 1.29 is 5.21 Å². The molecule has 0 aliphatic heterocycles. The summed E-state index contributed by atoms with van der Waals surface area (Å²) in [4.78, 5) is 15.4.